The molecule has 1 aliphatic rings. The maximum absolute atomic E-state index is 13.2. The van der Waals surface area contributed by atoms with Crippen LogP contribution in [0.1, 0.15) is 22.3 Å². The van der Waals surface area contributed by atoms with E-state index in [4.69, 9.17) is 10.5 Å². The van der Waals surface area contributed by atoms with Gasteiger partial charge in [-0.25, -0.2) is 4.39 Å². The monoisotopic (exact) mass is 531 g/mol. The average Bonchev–Trinajstić information content (AvgIpc) is 2.93. The van der Waals surface area contributed by atoms with Crippen molar-refractivity contribution in [1.82, 2.24) is 5.32 Å². The first kappa shape index (κ1) is 27.6. The third-order valence-electron chi connectivity index (χ3n) is 6.26. The summed E-state index contributed by atoms with van der Waals surface area (Å²) in [5.74, 6) is -1.08. The number of carboxylic acids is 1. The Bertz CT molecular complexity index is 1340. The summed E-state index contributed by atoms with van der Waals surface area (Å²) >= 11 is 0. The number of rotatable bonds is 12. The number of hydrogen-bond donors (Lipinski definition) is 4. The zero-order valence-electron chi connectivity index (χ0n) is 21.2. The Hall–Kier alpha value is -4.47. The number of nitrogens with one attached hydrogen (secondary N) is 1. The van der Waals surface area contributed by atoms with Crippen molar-refractivity contribution in [3.63, 3.8) is 0 Å². The predicted molar refractivity (Wildman–Crippen MR) is 146 cm³/mol. The molecule has 3 aromatic rings. The largest absolute Gasteiger partial charge is 0.494 e. The number of ketones is 1. The van der Waals surface area contributed by atoms with E-state index in [-0.39, 0.29) is 22.7 Å². The summed E-state index contributed by atoms with van der Waals surface area (Å²) in [6.45, 7) is 0.845. The number of carbonyl (C=O) groups excluding carboxylic acids is 1. The van der Waals surface area contributed by atoms with Gasteiger partial charge in [-0.15, -0.1) is 0 Å². The standard InChI is InChI=1S/C30H30FN3O5/c31-22-9-7-21(8-10-22)28(36)25-15-16-27(35)34(29(25)32)23-11-13-24(14-12-23)39-18-4-17-33-26(30(37)38)19-20-5-2-1-3-6-20/h1-3,5-16,26-27,33,35H,4,17-19,32H2,(H,37,38)/t26-,27?/m0/s1. The molecule has 4 rings (SSSR count). The van der Waals surface area contributed by atoms with Gasteiger partial charge < -0.3 is 26.0 Å². The second-order valence-electron chi connectivity index (χ2n) is 9.01. The number of benzene rings is 3. The zero-order chi connectivity index (χ0) is 27.8. The van der Waals surface area contributed by atoms with Crippen LogP contribution in [0.3, 0.4) is 0 Å². The van der Waals surface area contributed by atoms with Gasteiger partial charge >= 0.3 is 5.97 Å². The normalized spacial score (nSPS) is 15.7. The Balaban J connectivity index is 1.31. The molecule has 0 spiro atoms. The maximum Gasteiger partial charge on any atom is 0.321 e. The van der Waals surface area contributed by atoms with Crippen molar-refractivity contribution < 1.29 is 28.9 Å². The molecule has 8 nitrogen and oxygen atoms in total. The van der Waals surface area contributed by atoms with Gasteiger partial charge in [0.2, 0.25) is 0 Å². The van der Waals surface area contributed by atoms with E-state index in [0.717, 1.165) is 5.56 Å². The lowest BCUT2D eigenvalue weighted by molar-refractivity contribution is -0.139. The second-order valence-corrected chi connectivity index (χ2v) is 9.01. The number of nitrogens with two attached hydrogens (primary N) is 1. The molecule has 0 aromatic heterocycles. The SMILES string of the molecule is NC1=C(C(=O)c2ccc(F)cc2)C=CC(O)N1c1ccc(OCCCN[C@@H](Cc2ccccc2)C(=O)O)cc1. The van der Waals surface area contributed by atoms with E-state index in [1.807, 2.05) is 30.3 Å². The van der Waals surface area contributed by atoms with Crippen molar-refractivity contribution in [1.29, 1.82) is 0 Å². The number of aliphatic carboxylic acids is 1. The molecule has 39 heavy (non-hydrogen) atoms. The summed E-state index contributed by atoms with van der Waals surface area (Å²) in [7, 11) is 0. The molecular formula is C30H30FN3O5. The lowest BCUT2D eigenvalue weighted by Gasteiger charge is -2.32. The Morgan fingerprint density at radius 2 is 1.72 bits per heavy atom. The minimum atomic E-state index is -1.08. The molecule has 3 aromatic carbocycles. The molecule has 1 aliphatic heterocycles. The zero-order valence-corrected chi connectivity index (χ0v) is 21.2. The Kier molecular flexibility index (Phi) is 9.09. The lowest BCUT2D eigenvalue weighted by Crippen LogP contribution is -2.40. The third-order valence-corrected chi connectivity index (χ3v) is 6.26. The fraction of sp³-hybridized carbons (Fsp3) is 0.200. The van der Waals surface area contributed by atoms with Crippen molar-refractivity contribution in [3.8, 4) is 5.75 Å². The van der Waals surface area contributed by atoms with E-state index in [0.29, 0.717) is 37.4 Å². The number of aliphatic hydroxyl groups excluding tert-OH is 1. The van der Waals surface area contributed by atoms with Gasteiger partial charge in [-0.05, 0) is 85.6 Å². The molecule has 9 heteroatoms. The van der Waals surface area contributed by atoms with Gasteiger partial charge in [0.05, 0.1) is 12.2 Å². The molecule has 0 bridgehead atoms. The van der Waals surface area contributed by atoms with Crippen LogP contribution in [0.15, 0.2) is 102 Å². The number of hydrogen-bond acceptors (Lipinski definition) is 7. The number of carbonyl (C=O) groups is 2. The molecule has 1 heterocycles. The van der Waals surface area contributed by atoms with Gasteiger partial charge in [0, 0.05) is 11.3 Å². The van der Waals surface area contributed by atoms with Gasteiger partial charge in [0.15, 0.2) is 12.0 Å². The molecule has 0 aliphatic carbocycles. The van der Waals surface area contributed by atoms with E-state index >= 15 is 0 Å². The van der Waals surface area contributed by atoms with Crippen molar-refractivity contribution in [2.75, 3.05) is 18.1 Å². The number of carboxylic acid groups (broad SMARTS) is 1. The molecule has 202 valence electrons. The highest BCUT2D eigenvalue weighted by atomic mass is 19.1. The Morgan fingerprint density at radius 1 is 1.03 bits per heavy atom. The van der Waals surface area contributed by atoms with Crippen LogP contribution in [0.5, 0.6) is 5.75 Å². The number of allylic oxidation sites excluding steroid dienone is 2. The molecular weight excluding hydrogens is 501 g/mol. The second kappa shape index (κ2) is 12.9. The van der Waals surface area contributed by atoms with Crippen LogP contribution < -0.4 is 20.7 Å². The fourth-order valence-electron chi connectivity index (χ4n) is 4.20. The fourth-order valence-corrected chi connectivity index (χ4v) is 4.20. The van der Waals surface area contributed by atoms with Crippen molar-refractivity contribution in [2.24, 2.45) is 5.73 Å². The number of ether oxygens (including phenoxy) is 1. The first-order valence-corrected chi connectivity index (χ1v) is 12.5. The van der Waals surface area contributed by atoms with Crippen LogP contribution in [0.25, 0.3) is 0 Å². The van der Waals surface area contributed by atoms with Crippen LogP contribution >= 0.6 is 0 Å². The van der Waals surface area contributed by atoms with Gasteiger partial charge in [0.25, 0.3) is 0 Å². The van der Waals surface area contributed by atoms with Crippen molar-refractivity contribution >= 4 is 17.4 Å². The molecule has 0 amide bonds. The minimum absolute atomic E-state index is 0.0718. The van der Waals surface area contributed by atoms with Gasteiger partial charge in [-0.3, -0.25) is 14.5 Å². The van der Waals surface area contributed by atoms with Gasteiger partial charge in [-0.2, -0.15) is 0 Å². The van der Waals surface area contributed by atoms with E-state index < -0.39 is 24.1 Å². The maximum atomic E-state index is 13.2. The quantitative estimate of drug-likeness (QED) is 0.206. The molecule has 5 N–H and O–H groups in total. The number of anilines is 1. The van der Waals surface area contributed by atoms with Crippen molar-refractivity contribution in [3.05, 3.63) is 119 Å². The topological polar surface area (TPSA) is 125 Å². The highest BCUT2D eigenvalue weighted by Gasteiger charge is 2.26. The summed E-state index contributed by atoms with van der Waals surface area (Å²) in [5, 5.41) is 23.1. The highest BCUT2D eigenvalue weighted by molar-refractivity contribution is 6.11. The third kappa shape index (κ3) is 7.10. The van der Waals surface area contributed by atoms with E-state index in [1.54, 1.807) is 24.3 Å². The van der Waals surface area contributed by atoms with Crippen LogP contribution in [-0.4, -0.2) is 47.4 Å². The van der Waals surface area contributed by atoms with Crippen LogP contribution in [0.2, 0.25) is 0 Å². The number of Topliss-reactive ketones (excluding diaryl/α,β-unsaturated/α-hetero) is 1. The lowest BCUT2D eigenvalue weighted by atomic mass is 10.00. The average molecular weight is 532 g/mol. The van der Waals surface area contributed by atoms with E-state index in [9.17, 15) is 24.2 Å². The van der Waals surface area contributed by atoms with E-state index in [1.165, 1.54) is 41.3 Å². The Labute approximate surface area is 225 Å². The van der Waals surface area contributed by atoms with Crippen molar-refractivity contribution in [2.45, 2.75) is 25.1 Å². The smallest absolute Gasteiger partial charge is 0.321 e. The summed E-state index contributed by atoms with van der Waals surface area (Å²) < 4.78 is 19.0. The predicted octanol–water partition coefficient (Wildman–Crippen LogP) is 3.63. The van der Waals surface area contributed by atoms with Gasteiger partial charge in [0.1, 0.15) is 23.4 Å². The molecule has 2 atom stereocenters. The highest BCUT2D eigenvalue weighted by Crippen LogP contribution is 2.28. The Morgan fingerprint density at radius 3 is 2.38 bits per heavy atom. The summed E-state index contributed by atoms with van der Waals surface area (Å²) in [6.07, 6.45) is 2.83. The molecule has 0 saturated carbocycles. The minimum Gasteiger partial charge on any atom is -0.494 e. The van der Waals surface area contributed by atoms with Crippen LogP contribution in [-0.2, 0) is 11.2 Å². The molecule has 0 fully saturated rings. The van der Waals surface area contributed by atoms with Crippen LogP contribution in [0, 0.1) is 5.82 Å². The van der Waals surface area contributed by atoms with Gasteiger partial charge in [-0.1, -0.05) is 30.3 Å². The summed E-state index contributed by atoms with van der Waals surface area (Å²) in [4.78, 5) is 25.9. The molecule has 0 saturated heterocycles. The summed E-state index contributed by atoms with van der Waals surface area (Å²) in [5.41, 5.74) is 8.25. The van der Waals surface area contributed by atoms with Crippen LogP contribution in [0.4, 0.5) is 10.1 Å². The molecule has 0 radical (unpaired) electrons. The van der Waals surface area contributed by atoms with E-state index in [2.05, 4.69) is 5.32 Å². The first-order valence-electron chi connectivity index (χ1n) is 12.5. The first-order chi connectivity index (χ1) is 18.8. The number of aliphatic hydroxyl groups is 1. The number of nitrogens with zero attached hydrogens (tertiary/aromatic N) is 1. The number of halogens is 1. The molecule has 1 unspecified atom stereocenters. The summed E-state index contributed by atoms with van der Waals surface area (Å²) in [6, 6.07) is 20.8.